The molecule has 2 aliphatic heterocycles. The van der Waals surface area contributed by atoms with E-state index >= 15 is 0 Å². The van der Waals surface area contributed by atoms with Crippen LogP contribution in [0.25, 0.3) is 10.7 Å². The van der Waals surface area contributed by atoms with Crippen LogP contribution in [0, 0.1) is 0 Å². The molecule has 13 heteroatoms. The van der Waals surface area contributed by atoms with Gasteiger partial charge in [0.15, 0.2) is 11.0 Å². The lowest BCUT2D eigenvalue weighted by atomic mass is 9.86. The second-order valence-electron chi connectivity index (χ2n) is 8.95. The van der Waals surface area contributed by atoms with E-state index in [1.807, 2.05) is 29.1 Å². The number of thioether (sulfide) groups is 1. The highest BCUT2D eigenvalue weighted by molar-refractivity contribution is 7.99. The lowest BCUT2D eigenvalue weighted by molar-refractivity contribution is -0.134. The maximum atomic E-state index is 13.4. The van der Waals surface area contributed by atoms with Gasteiger partial charge in [-0.2, -0.15) is 0 Å². The molecule has 0 aliphatic carbocycles. The molecule has 0 radical (unpaired) electrons. The minimum absolute atomic E-state index is 0.0458. The van der Waals surface area contributed by atoms with Crippen LogP contribution in [-0.4, -0.2) is 87.7 Å². The van der Waals surface area contributed by atoms with E-state index in [0.29, 0.717) is 63.6 Å². The number of carbonyl (C=O) groups excluding carboxylic acids is 3. The highest BCUT2D eigenvalue weighted by atomic mass is 32.2. The fourth-order valence-corrected chi connectivity index (χ4v) is 5.96. The number of hydrogen-bond donors (Lipinski definition) is 3. The summed E-state index contributed by atoms with van der Waals surface area (Å²) in [6.45, 7) is 4.49. The van der Waals surface area contributed by atoms with Crippen LogP contribution < -0.4 is 16.0 Å². The molecule has 0 spiro atoms. The van der Waals surface area contributed by atoms with E-state index in [-0.39, 0.29) is 29.7 Å². The molecule has 0 aromatic carbocycles. The Balaban J connectivity index is 1.32. The summed E-state index contributed by atoms with van der Waals surface area (Å²) in [5.41, 5.74) is -0.955. The molecule has 0 atom stereocenters. The van der Waals surface area contributed by atoms with Crippen LogP contribution >= 0.6 is 23.1 Å². The molecule has 196 valence electrons. The molecule has 11 nitrogen and oxygen atoms in total. The van der Waals surface area contributed by atoms with Crippen molar-refractivity contribution >= 4 is 41.0 Å². The average Bonchev–Trinajstić information content (AvgIpc) is 3.53. The van der Waals surface area contributed by atoms with Gasteiger partial charge in [-0.25, -0.2) is 4.79 Å². The van der Waals surface area contributed by atoms with E-state index in [9.17, 15) is 14.4 Å². The van der Waals surface area contributed by atoms with Gasteiger partial charge in [0.1, 0.15) is 5.54 Å². The Bertz CT molecular complexity index is 1050. The first-order chi connectivity index (χ1) is 17.4. The summed E-state index contributed by atoms with van der Waals surface area (Å²) in [6, 6.07) is 3.90. The zero-order valence-corrected chi connectivity index (χ0v) is 22.3. The third-order valence-electron chi connectivity index (χ3n) is 6.54. The third kappa shape index (κ3) is 6.19. The van der Waals surface area contributed by atoms with Crippen molar-refractivity contribution in [1.82, 2.24) is 35.6 Å². The number of likely N-dealkylation sites (tertiary alicyclic amines) is 1. The number of amides is 3. The summed E-state index contributed by atoms with van der Waals surface area (Å²) in [5, 5.41) is 20.5. The fourth-order valence-electron chi connectivity index (χ4n) is 4.50. The molecule has 2 aliphatic rings. The lowest BCUT2D eigenvalue weighted by Gasteiger charge is -2.39. The Labute approximate surface area is 218 Å². The van der Waals surface area contributed by atoms with Crippen molar-refractivity contribution in [2.24, 2.45) is 7.05 Å². The van der Waals surface area contributed by atoms with Gasteiger partial charge in [0.2, 0.25) is 11.8 Å². The van der Waals surface area contributed by atoms with Gasteiger partial charge in [0.25, 0.3) is 0 Å². The summed E-state index contributed by atoms with van der Waals surface area (Å²) in [5.74, 6) is 0.526. The molecule has 2 aromatic rings. The minimum Gasteiger partial charge on any atom is -0.450 e. The van der Waals surface area contributed by atoms with Crippen LogP contribution in [0.15, 0.2) is 22.7 Å². The van der Waals surface area contributed by atoms with Crippen molar-refractivity contribution in [2.45, 2.75) is 49.3 Å². The second kappa shape index (κ2) is 12.1. The molecule has 0 bridgehead atoms. The summed E-state index contributed by atoms with van der Waals surface area (Å²) in [7, 11) is 1.88. The number of aromatic nitrogens is 3. The number of nitrogens with zero attached hydrogens (tertiary/aromatic N) is 4. The quantitative estimate of drug-likeness (QED) is 0.435. The summed E-state index contributed by atoms with van der Waals surface area (Å²) in [6.07, 6.45) is 2.03. The number of nitrogens with one attached hydrogen (secondary N) is 3. The Morgan fingerprint density at radius 3 is 2.67 bits per heavy atom. The van der Waals surface area contributed by atoms with Crippen molar-refractivity contribution < 1.29 is 19.1 Å². The molecule has 2 aromatic heterocycles. The monoisotopic (exact) mass is 535 g/mol. The van der Waals surface area contributed by atoms with Crippen molar-refractivity contribution in [2.75, 3.05) is 38.5 Å². The van der Waals surface area contributed by atoms with E-state index in [1.165, 1.54) is 11.8 Å². The molecule has 4 rings (SSSR count). The van der Waals surface area contributed by atoms with Crippen LogP contribution in [0.2, 0.25) is 0 Å². The van der Waals surface area contributed by atoms with Crippen molar-refractivity contribution in [1.29, 1.82) is 0 Å². The number of carbonyl (C=O) groups is 3. The van der Waals surface area contributed by atoms with Crippen LogP contribution in [0.3, 0.4) is 0 Å². The Morgan fingerprint density at radius 2 is 2.00 bits per heavy atom. The van der Waals surface area contributed by atoms with Gasteiger partial charge in [-0.1, -0.05) is 17.8 Å². The maximum Gasteiger partial charge on any atom is 0.409 e. The Morgan fingerprint density at radius 1 is 1.25 bits per heavy atom. The predicted molar refractivity (Wildman–Crippen MR) is 138 cm³/mol. The van der Waals surface area contributed by atoms with Gasteiger partial charge in [0, 0.05) is 26.2 Å². The Kier molecular flexibility index (Phi) is 8.86. The average molecular weight is 536 g/mol. The van der Waals surface area contributed by atoms with Crippen LogP contribution in [0.1, 0.15) is 32.6 Å². The standard InChI is InChI=1S/C23H33N7O4S2/c1-3-34-22(33)30-12-6-16(7-13-30)25-20(32)23(8-10-24-11-9-23)26-18(31)15-36-21-28-27-19(29(21)2)17-5-4-14-35-17/h4-5,14,16,24H,3,6-13,15H2,1-2H3,(H,25,32)(H,26,31). The van der Waals surface area contributed by atoms with Crippen molar-refractivity contribution in [3.05, 3.63) is 17.5 Å². The molecule has 2 saturated heterocycles. The van der Waals surface area contributed by atoms with E-state index in [2.05, 4.69) is 26.1 Å². The van der Waals surface area contributed by atoms with Crippen molar-refractivity contribution in [3.63, 3.8) is 0 Å². The van der Waals surface area contributed by atoms with Gasteiger partial charge >= 0.3 is 6.09 Å². The minimum atomic E-state index is -0.955. The van der Waals surface area contributed by atoms with Gasteiger partial charge < -0.3 is 30.2 Å². The van der Waals surface area contributed by atoms with E-state index in [1.54, 1.807) is 23.2 Å². The normalized spacial score (nSPS) is 18.0. The highest BCUT2D eigenvalue weighted by Gasteiger charge is 2.42. The smallest absolute Gasteiger partial charge is 0.409 e. The van der Waals surface area contributed by atoms with E-state index in [4.69, 9.17) is 4.74 Å². The fraction of sp³-hybridized carbons (Fsp3) is 0.609. The summed E-state index contributed by atoms with van der Waals surface area (Å²) < 4.78 is 6.94. The summed E-state index contributed by atoms with van der Waals surface area (Å²) >= 11 is 2.88. The third-order valence-corrected chi connectivity index (χ3v) is 8.42. The zero-order valence-electron chi connectivity index (χ0n) is 20.6. The molecule has 4 heterocycles. The largest absolute Gasteiger partial charge is 0.450 e. The number of piperidine rings is 2. The molecular formula is C23H33N7O4S2. The first-order valence-electron chi connectivity index (χ1n) is 12.2. The number of hydrogen-bond acceptors (Lipinski definition) is 9. The molecule has 3 N–H and O–H groups in total. The van der Waals surface area contributed by atoms with Crippen LogP contribution in [0.5, 0.6) is 0 Å². The topological polar surface area (TPSA) is 130 Å². The van der Waals surface area contributed by atoms with Gasteiger partial charge in [-0.15, -0.1) is 21.5 Å². The first-order valence-corrected chi connectivity index (χ1v) is 14.1. The van der Waals surface area contributed by atoms with Crippen molar-refractivity contribution in [3.8, 4) is 10.7 Å². The summed E-state index contributed by atoms with van der Waals surface area (Å²) in [4.78, 5) is 41.0. The van der Waals surface area contributed by atoms with E-state index in [0.717, 1.165) is 10.7 Å². The molecule has 3 amide bonds. The van der Waals surface area contributed by atoms with Gasteiger partial charge in [-0.05, 0) is 57.1 Å². The maximum absolute atomic E-state index is 13.4. The second-order valence-corrected chi connectivity index (χ2v) is 10.8. The Hall–Kier alpha value is -2.64. The zero-order chi connectivity index (χ0) is 25.5. The first kappa shape index (κ1) is 26.4. The number of rotatable bonds is 8. The van der Waals surface area contributed by atoms with Gasteiger partial charge in [-0.3, -0.25) is 9.59 Å². The predicted octanol–water partition coefficient (Wildman–Crippen LogP) is 1.61. The molecule has 0 unspecified atom stereocenters. The molecule has 36 heavy (non-hydrogen) atoms. The van der Waals surface area contributed by atoms with Crippen LogP contribution in [0.4, 0.5) is 4.79 Å². The van der Waals surface area contributed by atoms with Crippen LogP contribution in [-0.2, 0) is 21.4 Å². The molecule has 0 saturated carbocycles. The highest BCUT2D eigenvalue weighted by Crippen LogP contribution is 2.26. The lowest BCUT2D eigenvalue weighted by Crippen LogP contribution is -2.64. The molecule has 2 fully saturated rings. The van der Waals surface area contributed by atoms with E-state index < -0.39 is 5.54 Å². The molecular weight excluding hydrogens is 502 g/mol. The number of thiophene rings is 1. The number of ether oxygens (including phenoxy) is 1. The van der Waals surface area contributed by atoms with Gasteiger partial charge in [0.05, 0.1) is 17.2 Å². The SMILES string of the molecule is CCOC(=O)N1CCC(NC(=O)C2(NC(=O)CSc3nnc(-c4cccs4)n3C)CCNCC2)CC1.